The first-order valence-corrected chi connectivity index (χ1v) is 8.67. The summed E-state index contributed by atoms with van der Waals surface area (Å²) in [6.45, 7) is 6.56. The van der Waals surface area contributed by atoms with E-state index >= 15 is 0 Å². The third kappa shape index (κ3) is 3.10. The van der Waals surface area contributed by atoms with Gasteiger partial charge >= 0.3 is 0 Å². The highest BCUT2D eigenvalue weighted by Crippen LogP contribution is 2.30. The van der Waals surface area contributed by atoms with Gasteiger partial charge in [0, 0.05) is 6.04 Å². The van der Waals surface area contributed by atoms with E-state index in [-0.39, 0.29) is 10.9 Å². The van der Waals surface area contributed by atoms with Gasteiger partial charge in [-0.05, 0) is 48.6 Å². The molecule has 1 aliphatic rings. The maximum Gasteiger partial charge on any atom is 0.250 e. The summed E-state index contributed by atoms with van der Waals surface area (Å²) in [6, 6.07) is 8.33. The normalized spacial score (nSPS) is 21.7. The van der Waals surface area contributed by atoms with Crippen LogP contribution >= 0.6 is 0 Å². The van der Waals surface area contributed by atoms with E-state index in [1.165, 1.54) is 18.4 Å². The Morgan fingerprint density at radius 3 is 2.13 bits per heavy atom. The van der Waals surface area contributed by atoms with Gasteiger partial charge < -0.3 is 5.32 Å². The lowest BCUT2D eigenvalue weighted by molar-refractivity contribution is 0.361. The fourth-order valence-corrected chi connectivity index (χ4v) is 3.45. The molecule has 0 atom stereocenters. The van der Waals surface area contributed by atoms with Gasteiger partial charge in [0.05, 0.1) is 11.3 Å². The third-order valence-electron chi connectivity index (χ3n) is 5.14. The molecule has 0 radical (unpaired) electrons. The standard InChI is InChI=1S/C20H25NO2/c1-12(2)14-6-8-15(9-7-14)17-18(20(23)19(17)22)21-16-10-4-13(3)5-11-16/h6-9,12-13,16,21H,4-5,10-11H2,1-3H3. The Kier molecular flexibility index (Phi) is 4.38. The van der Waals surface area contributed by atoms with Crippen molar-refractivity contribution in [1.29, 1.82) is 0 Å². The molecule has 122 valence electrons. The van der Waals surface area contributed by atoms with Gasteiger partial charge in [-0.1, -0.05) is 45.0 Å². The van der Waals surface area contributed by atoms with Crippen molar-refractivity contribution in [2.24, 2.45) is 5.92 Å². The molecule has 0 unspecified atom stereocenters. The van der Waals surface area contributed by atoms with Crippen molar-refractivity contribution in [1.82, 2.24) is 0 Å². The number of hydrogen-bond acceptors (Lipinski definition) is 3. The lowest BCUT2D eigenvalue weighted by Crippen LogP contribution is -2.39. The Morgan fingerprint density at radius 2 is 1.57 bits per heavy atom. The van der Waals surface area contributed by atoms with Crippen LogP contribution < -0.4 is 16.2 Å². The van der Waals surface area contributed by atoms with Crippen LogP contribution in [-0.2, 0) is 0 Å². The third-order valence-corrected chi connectivity index (χ3v) is 5.14. The molecule has 1 N–H and O–H groups in total. The first kappa shape index (κ1) is 16.0. The smallest absolute Gasteiger partial charge is 0.250 e. The quantitative estimate of drug-likeness (QED) is 0.866. The average Bonchev–Trinajstić information content (AvgIpc) is 2.56. The second kappa shape index (κ2) is 6.31. The summed E-state index contributed by atoms with van der Waals surface area (Å²) in [6.07, 6.45) is 4.52. The highest BCUT2D eigenvalue weighted by atomic mass is 16.2. The molecule has 0 amide bonds. The molecular formula is C20H25NO2. The van der Waals surface area contributed by atoms with Crippen LogP contribution in [0.15, 0.2) is 33.9 Å². The van der Waals surface area contributed by atoms with Crippen LogP contribution in [0.5, 0.6) is 0 Å². The van der Waals surface area contributed by atoms with Crippen LogP contribution in [0.25, 0.3) is 11.1 Å². The summed E-state index contributed by atoms with van der Waals surface area (Å²) >= 11 is 0. The van der Waals surface area contributed by atoms with Crippen molar-refractivity contribution in [3.05, 3.63) is 50.3 Å². The van der Waals surface area contributed by atoms with E-state index in [1.807, 2.05) is 24.3 Å². The molecule has 0 spiro atoms. The predicted molar refractivity (Wildman–Crippen MR) is 95.9 cm³/mol. The maximum absolute atomic E-state index is 12.0. The summed E-state index contributed by atoms with van der Waals surface area (Å²) in [5.74, 6) is 1.22. The number of hydrogen-bond donors (Lipinski definition) is 1. The Morgan fingerprint density at radius 1 is 0.957 bits per heavy atom. The van der Waals surface area contributed by atoms with Gasteiger partial charge in [-0.2, -0.15) is 0 Å². The molecule has 1 fully saturated rings. The van der Waals surface area contributed by atoms with E-state index < -0.39 is 0 Å². The Bertz CT molecular complexity index is 743. The van der Waals surface area contributed by atoms with Crippen LogP contribution in [-0.4, -0.2) is 6.04 Å². The lowest BCUT2D eigenvalue weighted by Gasteiger charge is -2.28. The van der Waals surface area contributed by atoms with Gasteiger partial charge in [0.15, 0.2) is 0 Å². The summed E-state index contributed by atoms with van der Waals surface area (Å²) in [5.41, 5.74) is 2.49. The molecule has 2 aromatic rings. The summed E-state index contributed by atoms with van der Waals surface area (Å²) in [4.78, 5) is 24.0. The first-order chi connectivity index (χ1) is 11.0. The zero-order valence-corrected chi connectivity index (χ0v) is 14.2. The molecule has 3 rings (SSSR count). The molecule has 0 heterocycles. The fourth-order valence-electron chi connectivity index (χ4n) is 3.45. The molecule has 0 aliphatic heterocycles. The molecular weight excluding hydrogens is 286 g/mol. The highest BCUT2D eigenvalue weighted by molar-refractivity contribution is 5.82. The molecule has 3 heteroatoms. The number of nitrogens with one attached hydrogen (secondary N) is 1. The van der Waals surface area contributed by atoms with Crippen LogP contribution in [0.1, 0.15) is 57.9 Å². The second-order valence-electron chi connectivity index (χ2n) is 7.29. The maximum atomic E-state index is 12.0. The van der Waals surface area contributed by atoms with Crippen LogP contribution in [0.2, 0.25) is 0 Å². The van der Waals surface area contributed by atoms with Crippen molar-refractivity contribution in [3.63, 3.8) is 0 Å². The van der Waals surface area contributed by atoms with E-state index in [1.54, 1.807) is 0 Å². The molecule has 1 saturated carbocycles. The van der Waals surface area contributed by atoms with Crippen LogP contribution in [0, 0.1) is 5.92 Å². The fraction of sp³-hybridized carbons (Fsp3) is 0.500. The summed E-state index contributed by atoms with van der Waals surface area (Å²) < 4.78 is 0. The van der Waals surface area contributed by atoms with Crippen molar-refractivity contribution in [3.8, 4) is 11.1 Å². The van der Waals surface area contributed by atoms with Gasteiger partial charge in [-0.15, -0.1) is 0 Å². The molecule has 0 aromatic heterocycles. The minimum absolute atomic E-state index is 0.322. The molecule has 3 nitrogen and oxygen atoms in total. The van der Waals surface area contributed by atoms with Gasteiger partial charge in [0.25, 0.3) is 0 Å². The first-order valence-electron chi connectivity index (χ1n) is 8.67. The average molecular weight is 311 g/mol. The Balaban J connectivity index is 1.82. The van der Waals surface area contributed by atoms with Gasteiger partial charge in [0.2, 0.25) is 10.9 Å². The van der Waals surface area contributed by atoms with E-state index in [0.29, 0.717) is 23.2 Å². The topological polar surface area (TPSA) is 46.2 Å². The van der Waals surface area contributed by atoms with Crippen molar-refractivity contribution in [2.75, 3.05) is 5.32 Å². The molecule has 23 heavy (non-hydrogen) atoms. The highest BCUT2D eigenvalue weighted by Gasteiger charge is 2.26. The van der Waals surface area contributed by atoms with Crippen molar-refractivity contribution >= 4 is 5.69 Å². The largest absolute Gasteiger partial charge is 0.378 e. The van der Waals surface area contributed by atoms with E-state index in [9.17, 15) is 9.59 Å². The number of benzene rings is 1. The van der Waals surface area contributed by atoms with Crippen LogP contribution in [0.4, 0.5) is 5.69 Å². The van der Waals surface area contributed by atoms with Gasteiger partial charge in [-0.3, -0.25) is 9.59 Å². The minimum atomic E-state index is -0.355. The van der Waals surface area contributed by atoms with E-state index in [2.05, 4.69) is 26.1 Å². The Hall–Kier alpha value is -1.90. The van der Waals surface area contributed by atoms with Crippen molar-refractivity contribution < 1.29 is 0 Å². The predicted octanol–water partition coefficient (Wildman–Crippen LogP) is 4.06. The summed E-state index contributed by atoms with van der Waals surface area (Å²) in [7, 11) is 0. The van der Waals surface area contributed by atoms with Crippen molar-refractivity contribution in [2.45, 2.75) is 58.4 Å². The molecule has 0 bridgehead atoms. The lowest BCUT2D eigenvalue weighted by atomic mass is 9.86. The zero-order chi connectivity index (χ0) is 16.6. The van der Waals surface area contributed by atoms with E-state index in [0.717, 1.165) is 24.3 Å². The van der Waals surface area contributed by atoms with Gasteiger partial charge in [-0.25, -0.2) is 0 Å². The molecule has 1 aliphatic carbocycles. The number of rotatable bonds is 4. The van der Waals surface area contributed by atoms with E-state index in [4.69, 9.17) is 0 Å². The van der Waals surface area contributed by atoms with Crippen LogP contribution in [0.3, 0.4) is 0 Å². The minimum Gasteiger partial charge on any atom is -0.378 e. The zero-order valence-electron chi connectivity index (χ0n) is 14.2. The molecule has 2 aromatic carbocycles. The second-order valence-corrected chi connectivity index (χ2v) is 7.29. The molecule has 0 saturated heterocycles. The number of anilines is 1. The SMILES string of the molecule is CC1CCC(Nc2c(-c3ccc(C(C)C)cc3)c(=O)c2=O)CC1. The Labute approximate surface area is 137 Å². The monoisotopic (exact) mass is 311 g/mol. The summed E-state index contributed by atoms with van der Waals surface area (Å²) in [5, 5.41) is 3.35. The van der Waals surface area contributed by atoms with Gasteiger partial charge in [0.1, 0.15) is 0 Å².